The number of rotatable bonds is 3. The Morgan fingerprint density at radius 1 is 1.00 bits per heavy atom. The fraction of sp³-hybridized carbons (Fsp3) is 0.391. The number of carbonyl (C=O) groups excluding carboxylic acids is 2. The summed E-state index contributed by atoms with van der Waals surface area (Å²) in [7, 11) is 0. The highest BCUT2D eigenvalue weighted by Gasteiger charge is 2.34. The molecule has 1 aliphatic carbocycles. The lowest BCUT2D eigenvalue weighted by atomic mass is 9.91. The maximum atomic E-state index is 13.1. The highest BCUT2D eigenvalue weighted by Crippen LogP contribution is 2.33. The summed E-state index contributed by atoms with van der Waals surface area (Å²) in [5.41, 5.74) is 1.95. The Balaban J connectivity index is 1.69. The average molecular weight is 378 g/mol. The lowest BCUT2D eigenvalue weighted by molar-refractivity contribution is -0.145. The van der Waals surface area contributed by atoms with Crippen molar-refractivity contribution < 1.29 is 14.3 Å². The number of benzene rings is 2. The summed E-state index contributed by atoms with van der Waals surface area (Å²) >= 11 is 0. The molecule has 0 radical (unpaired) electrons. The number of amides is 2. The Morgan fingerprint density at radius 3 is 2.50 bits per heavy atom. The molecule has 0 unspecified atom stereocenters. The molecule has 4 rings (SSSR count). The molecule has 1 fully saturated rings. The summed E-state index contributed by atoms with van der Waals surface area (Å²) in [6, 6.07) is 13.1. The van der Waals surface area contributed by atoms with E-state index in [1.54, 1.807) is 6.92 Å². The van der Waals surface area contributed by atoms with Gasteiger partial charge in [0, 0.05) is 5.70 Å². The first-order chi connectivity index (χ1) is 13.6. The topological polar surface area (TPSA) is 67.4 Å². The van der Waals surface area contributed by atoms with Crippen molar-refractivity contribution in [2.75, 3.05) is 0 Å². The molecule has 0 aromatic heterocycles. The predicted octanol–water partition coefficient (Wildman–Crippen LogP) is 4.73. The van der Waals surface area contributed by atoms with E-state index in [1.165, 1.54) is 12.8 Å². The van der Waals surface area contributed by atoms with Crippen LogP contribution in [0, 0.1) is 0 Å². The van der Waals surface area contributed by atoms with Gasteiger partial charge in [0.1, 0.15) is 6.10 Å². The molecule has 2 N–H and O–H groups in total. The summed E-state index contributed by atoms with van der Waals surface area (Å²) < 4.78 is 5.89. The molecule has 1 atom stereocenters. The molecule has 1 saturated carbocycles. The number of hydrogen-bond acceptors (Lipinski definition) is 3. The third-order valence-corrected chi connectivity index (χ3v) is 5.70. The molecular weight excluding hydrogens is 352 g/mol. The van der Waals surface area contributed by atoms with Crippen molar-refractivity contribution in [1.82, 2.24) is 10.6 Å². The van der Waals surface area contributed by atoms with Crippen LogP contribution in [0.15, 0.2) is 53.7 Å². The van der Waals surface area contributed by atoms with Gasteiger partial charge >= 0.3 is 12.0 Å². The average Bonchev–Trinajstić information content (AvgIpc) is 2.95. The van der Waals surface area contributed by atoms with Crippen LogP contribution in [0.1, 0.15) is 57.1 Å². The fourth-order valence-corrected chi connectivity index (χ4v) is 4.27. The Hall–Kier alpha value is -2.82. The van der Waals surface area contributed by atoms with E-state index in [1.807, 2.05) is 42.5 Å². The Morgan fingerprint density at radius 2 is 1.71 bits per heavy atom. The third-order valence-electron chi connectivity index (χ3n) is 5.70. The lowest BCUT2D eigenvalue weighted by Crippen LogP contribution is -2.45. The zero-order valence-electron chi connectivity index (χ0n) is 16.2. The van der Waals surface area contributed by atoms with E-state index >= 15 is 0 Å². The van der Waals surface area contributed by atoms with Crippen molar-refractivity contribution in [1.29, 1.82) is 0 Å². The van der Waals surface area contributed by atoms with Gasteiger partial charge < -0.3 is 15.4 Å². The van der Waals surface area contributed by atoms with Crippen molar-refractivity contribution >= 4 is 22.8 Å². The zero-order chi connectivity index (χ0) is 19.5. The van der Waals surface area contributed by atoms with Crippen LogP contribution < -0.4 is 10.6 Å². The number of esters is 1. The van der Waals surface area contributed by atoms with Crippen molar-refractivity contribution in [3.63, 3.8) is 0 Å². The number of allylic oxidation sites excluding steroid dienone is 1. The van der Waals surface area contributed by atoms with Gasteiger partial charge in [-0.05, 0) is 48.9 Å². The van der Waals surface area contributed by atoms with Crippen LogP contribution in [-0.2, 0) is 9.53 Å². The van der Waals surface area contributed by atoms with Crippen molar-refractivity contribution in [3.05, 3.63) is 59.3 Å². The Bertz CT molecular complexity index is 921. The van der Waals surface area contributed by atoms with Crippen LogP contribution in [0.5, 0.6) is 0 Å². The van der Waals surface area contributed by atoms with Gasteiger partial charge in [-0.15, -0.1) is 0 Å². The first kappa shape index (κ1) is 18.5. The first-order valence-corrected chi connectivity index (χ1v) is 10.1. The maximum Gasteiger partial charge on any atom is 0.338 e. The standard InChI is InChI=1S/C23H26N2O3/c1-15-20(22(26)28-17-11-4-2-3-5-12-17)21(25-23(27)24-15)19-14-8-10-16-9-6-7-13-18(16)19/h6-10,13-14,17,21H,2-5,11-12H2,1H3,(H2,24,25,27)/t21-/m0/s1. The third kappa shape index (κ3) is 3.75. The van der Waals surface area contributed by atoms with Gasteiger partial charge in [0.25, 0.3) is 0 Å². The van der Waals surface area contributed by atoms with E-state index in [-0.39, 0.29) is 18.1 Å². The molecular formula is C23H26N2O3. The molecule has 0 spiro atoms. The van der Waals surface area contributed by atoms with Gasteiger partial charge in [-0.2, -0.15) is 0 Å². The molecule has 1 heterocycles. The van der Waals surface area contributed by atoms with Crippen molar-refractivity contribution in [2.45, 2.75) is 57.6 Å². The summed E-state index contributed by atoms with van der Waals surface area (Å²) in [4.78, 5) is 25.3. The summed E-state index contributed by atoms with van der Waals surface area (Å²) in [5, 5.41) is 7.75. The van der Waals surface area contributed by atoms with E-state index in [4.69, 9.17) is 4.74 Å². The van der Waals surface area contributed by atoms with E-state index in [2.05, 4.69) is 10.6 Å². The molecule has 5 nitrogen and oxygen atoms in total. The maximum absolute atomic E-state index is 13.1. The number of hydrogen-bond donors (Lipinski definition) is 2. The summed E-state index contributed by atoms with van der Waals surface area (Å²) in [6.45, 7) is 1.76. The van der Waals surface area contributed by atoms with Crippen LogP contribution in [-0.4, -0.2) is 18.1 Å². The lowest BCUT2D eigenvalue weighted by Gasteiger charge is -2.30. The number of nitrogens with one attached hydrogen (secondary N) is 2. The van der Waals surface area contributed by atoms with Gasteiger partial charge in [-0.1, -0.05) is 55.3 Å². The van der Waals surface area contributed by atoms with Gasteiger partial charge in [-0.25, -0.2) is 9.59 Å². The molecule has 2 amide bonds. The quantitative estimate of drug-likeness (QED) is 0.599. The normalized spacial score (nSPS) is 21.0. The Labute approximate surface area is 165 Å². The van der Waals surface area contributed by atoms with E-state index < -0.39 is 6.04 Å². The number of carbonyl (C=O) groups is 2. The van der Waals surface area contributed by atoms with E-state index in [9.17, 15) is 9.59 Å². The van der Waals surface area contributed by atoms with Gasteiger partial charge in [0.05, 0.1) is 11.6 Å². The largest absolute Gasteiger partial charge is 0.459 e. The van der Waals surface area contributed by atoms with Crippen molar-refractivity contribution in [3.8, 4) is 0 Å². The second kappa shape index (κ2) is 8.05. The molecule has 0 saturated heterocycles. The first-order valence-electron chi connectivity index (χ1n) is 10.1. The fourth-order valence-electron chi connectivity index (χ4n) is 4.27. The molecule has 146 valence electrons. The van der Waals surface area contributed by atoms with Crippen LogP contribution in [0.3, 0.4) is 0 Å². The van der Waals surface area contributed by atoms with Crippen LogP contribution >= 0.6 is 0 Å². The minimum Gasteiger partial charge on any atom is -0.459 e. The smallest absolute Gasteiger partial charge is 0.338 e. The predicted molar refractivity (Wildman–Crippen MR) is 109 cm³/mol. The molecule has 2 aromatic rings. The number of ether oxygens (including phenoxy) is 1. The summed E-state index contributed by atoms with van der Waals surface area (Å²) in [6.07, 6.45) is 6.38. The zero-order valence-corrected chi connectivity index (χ0v) is 16.2. The highest BCUT2D eigenvalue weighted by atomic mass is 16.5. The minimum atomic E-state index is -0.530. The minimum absolute atomic E-state index is 0.0407. The highest BCUT2D eigenvalue weighted by molar-refractivity contribution is 5.97. The molecule has 2 aliphatic rings. The Kier molecular flexibility index (Phi) is 5.33. The molecule has 28 heavy (non-hydrogen) atoms. The molecule has 2 aromatic carbocycles. The van der Waals surface area contributed by atoms with E-state index in [0.29, 0.717) is 11.3 Å². The van der Waals surface area contributed by atoms with Gasteiger partial charge in [-0.3, -0.25) is 0 Å². The van der Waals surface area contributed by atoms with Crippen LogP contribution in [0.4, 0.5) is 4.79 Å². The molecule has 5 heteroatoms. The summed E-state index contributed by atoms with van der Waals surface area (Å²) in [5.74, 6) is -0.338. The second-order valence-electron chi connectivity index (χ2n) is 7.66. The van der Waals surface area contributed by atoms with E-state index in [0.717, 1.165) is 42.0 Å². The molecule has 1 aliphatic heterocycles. The molecule has 0 bridgehead atoms. The number of fused-ring (bicyclic) bond motifs is 1. The SMILES string of the molecule is CC1=C(C(=O)OC2CCCCCC2)[C@H](c2cccc3ccccc23)NC(=O)N1. The van der Waals surface area contributed by atoms with Crippen molar-refractivity contribution in [2.24, 2.45) is 0 Å². The second-order valence-corrected chi connectivity index (χ2v) is 7.66. The van der Waals surface area contributed by atoms with Gasteiger partial charge in [0.15, 0.2) is 0 Å². The monoisotopic (exact) mass is 378 g/mol. The van der Waals surface area contributed by atoms with Crippen LogP contribution in [0.25, 0.3) is 10.8 Å². The number of urea groups is 1. The van der Waals surface area contributed by atoms with Crippen LogP contribution in [0.2, 0.25) is 0 Å². The van der Waals surface area contributed by atoms with Gasteiger partial charge in [0.2, 0.25) is 0 Å².